The van der Waals surface area contributed by atoms with Gasteiger partial charge in [0.1, 0.15) is 0 Å². The molecular weight excluding hydrogens is 541 g/mol. The molecule has 1 aliphatic carbocycles. The van der Waals surface area contributed by atoms with E-state index in [0.717, 1.165) is 67.2 Å². The fourth-order valence-electron chi connectivity index (χ4n) is 4.07. The Bertz CT molecular complexity index is 1000. The van der Waals surface area contributed by atoms with Crippen molar-refractivity contribution in [3.05, 3.63) is 59.7 Å². The van der Waals surface area contributed by atoms with Gasteiger partial charge in [0, 0.05) is 43.3 Å². The normalized spacial score (nSPS) is 16.0. The average Bonchev–Trinajstić information content (AvgIpc) is 3.21. The SMILES string of the molecule is CCNC(=NCc1cccc(NC(=O)C2CCC2)c1)NCc1ccc(N2CCCC2=O)cc1.I. The van der Waals surface area contributed by atoms with Gasteiger partial charge in [0.2, 0.25) is 11.8 Å². The molecule has 2 aliphatic rings. The van der Waals surface area contributed by atoms with E-state index in [4.69, 9.17) is 4.99 Å². The van der Waals surface area contributed by atoms with Crippen molar-refractivity contribution in [2.24, 2.45) is 10.9 Å². The molecule has 1 saturated carbocycles. The van der Waals surface area contributed by atoms with E-state index in [1.165, 1.54) is 0 Å². The minimum Gasteiger partial charge on any atom is -0.357 e. The summed E-state index contributed by atoms with van der Waals surface area (Å²) in [6, 6.07) is 16.0. The summed E-state index contributed by atoms with van der Waals surface area (Å²) >= 11 is 0. The van der Waals surface area contributed by atoms with Crippen LogP contribution in [0.25, 0.3) is 0 Å². The third-order valence-corrected chi connectivity index (χ3v) is 6.22. The second kappa shape index (κ2) is 12.7. The molecule has 2 fully saturated rings. The highest BCUT2D eigenvalue weighted by molar-refractivity contribution is 14.0. The summed E-state index contributed by atoms with van der Waals surface area (Å²) in [7, 11) is 0. The molecule has 2 amide bonds. The van der Waals surface area contributed by atoms with Crippen molar-refractivity contribution in [1.29, 1.82) is 0 Å². The topological polar surface area (TPSA) is 85.8 Å². The summed E-state index contributed by atoms with van der Waals surface area (Å²) in [6.07, 6.45) is 4.71. The second-order valence-electron chi connectivity index (χ2n) is 8.68. The van der Waals surface area contributed by atoms with Crippen LogP contribution >= 0.6 is 24.0 Å². The van der Waals surface area contributed by atoms with Crippen molar-refractivity contribution in [2.45, 2.75) is 52.1 Å². The number of benzene rings is 2. The summed E-state index contributed by atoms with van der Waals surface area (Å²) in [4.78, 5) is 30.7. The van der Waals surface area contributed by atoms with Gasteiger partial charge in [0.05, 0.1) is 6.54 Å². The number of carbonyl (C=O) groups excluding carboxylic acids is 2. The van der Waals surface area contributed by atoms with E-state index in [2.05, 4.69) is 16.0 Å². The lowest BCUT2D eigenvalue weighted by Crippen LogP contribution is -2.36. The summed E-state index contributed by atoms with van der Waals surface area (Å²) in [6.45, 7) is 4.75. The third-order valence-electron chi connectivity index (χ3n) is 6.22. The monoisotopic (exact) mass is 575 g/mol. The predicted molar refractivity (Wildman–Crippen MR) is 148 cm³/mol. The van der Waals surface area contributed by atoms with Crippen molar-refractivity contribution in [3.8, 4) is 0 Å². The second-order valence-corrected chi connectivity index (χ2v) is 8.68. The van der Waals surface area contributed by atoms with E-state index in [0.29, 0.717) is 19.5 Å². The van der Waals surface area contributed by atoms with E-state index < -0.39 is 0 Å². The Kier molecular flexibility index (Phi) is 9.74. The van der Waals surface area contributed by atoms with Crippen LogP contribution in [0.15, 0.2) is 53.5 Å². The summed E-state index contributed by atoms with van der Waals surface area (Å²) in [5, 5.41) is 9.68. The molecule has 34 heavy (non-hydrogen) atoms. The molecule has 0 atom stereocenters. The lowest BCUT2D eigenvalue weighted by atomic mass is 9.85. The van der Waals surface area contributed by atoms with E-state index in [9.17, 15) is 9.59 Å². The van der Waals surface area contributed by atoms with Crippen molar-refractivity contribution < 1.29 is 9.59 Å². The van der Waals surface area contributed by atoms with Crippen LogP contribution in [0, 0.1) is 5.92 Å². The molecule has 1 heterocycles. The quantitative estimate of drug-likeness (QED) is 0.247. The van der Waals surface area contributed by atoms with Gasteiger partial charge in [0.25, 0.3) is 0 Å². The first-order valence-corrected chi connectivity index (χ1v) is 11.9. The lowest BCUT2D eigenvalue weighted by Gasteiger charge is -2.24. The minimum absolute atomic E-state index is 0. The highest BCUT2D eigenvalue weighted by Crippen LogP contribution is 2.27. The number of carbonyl (C=O) groups is 2. The van der Waals surface area contributed by atoms with E-state index in [1.807, 2.05) is 60.4 Å². The maximum atomic E-state index is 12.2. The molecule has 8 heteroatoms. The average molecular weight is 575 g/mol. The molecule has 4 rings (SSSR count). The molecule has 2 aromatic carbocycles. The van der Waals surface area contributed by atoms with Crippen LogP contribution in [-0.4, -0.2) is 30.9 Å². The van der Waals surface area contributed by atoms with Crippen molar-refractivity contribution >= 4 is 53.1 Å². The van der Waals surface area contributed by atoms with E-state index >= 15 is 0 Å². The largest absolute Gasteiger partial charge is 0.357 e. The first kappa shape index (κ1) is 26.0. The Labute approximate surface area is 218 Å². The number of aliphatic imine (C=N–C) groups is 1. The smallest absolute Gasteiger partial charge is 0.227 e. The maximum absolute atomic E-state index is 12.2. The number of hydrogen-bond donors (Lipinski definition) is 3. The Morgan fingerprint density at radius 2 is 1.85 bits per heavy atom. The molecular formula is C26H34IN5O2. The molecule has 1 saturated heterocycles. The van der Waals surface area contributed by atoms with Crippen molar-refractivity contribution in [2.75, 3.05) is 23.3 Å². The summed E-state index contributed by atoms with van der Waals surface area (Å²) < 4.78 is 0. The number of nitrogens with zero attached hydrogens (tertiary/aromatic N) is 2. The number of guanidine groups is 1. The Morgan fingerprint density at radius 1 is 1.06 bits per heavy atom. The van der Waals surface area contributed by atoms with Gasteiger partial charge in [-0.3, -0.25) is 9.59 Å². The number of rotatable bonds is 8. The summed E-state index contributed by atoms with van der Waals surface area (Å²) in [5.74, 6) is 1.23. The van der Waals surface area contributed by atoms with Gasteiger partial charge in [-0.2, -0.15) is 0 Å². The fraction of sp³-hybridized carbons (Fsp3) is 0.423. The minimum atomic E-state index is 0. The zero-order valence-electron chi connectivity index (χ0n) is 19.7. The van der Waals surface area contributed by atoms with Crippen LogP contribution in [0.4, 0.5) is 11.4 Å². The number of amides is 2. The van der Waals surface area contributed by atoms with Crippen molar-refractivity contribution in [3.63, 3.8) is 0 Å². The van der Waals surface area contributed by atoms with Gasteiger partial charge in [-0.1, -0.05) is 30.7 Å². The fourth-order valence-corrected chi connectivity index (χ4v) is 4.07. The third kappa shape index (κ3) is 6.94. The molecule has 0 spiro atoms. The number of anilines is 2. The number of hydrogen-bond acceptors (Lipinski definition) is 3. The standard InChI is InChI=1S/C26H33N5O2.HI/c1-2-27-26(28-17-19-11-13-23(14-12-19)31-15-5-10-24(31)32)29-18-20-6-3-9-22(16-20)30-25(33)21-7-4-8-21;/h3,6,9,11-14,16,21H,2,4-5,7-8,10,15,17-18H2,1H3,(H,30,33)(H2,27,28,29);1H. The van der Waals surface area contributed by atoms with Gasteiger partial charge >= 0.3 is 0 Å². The molecule has 0 bridgehead atoms. The Hall–Kier alpha value is -2.62. The van der Waals surface area contributed by atoms with Crippen LogP contribution in [-0.2, 0) is 22.7 Å². The first-order valence-electron chi connectivity index (χ1n) is 11.9. The number of halogens is 1. The molecule has 2 aromatic rings. The molecule has 7 nitrogen and oxygen atoms in total. The van der Waals surface area contributed by atoms with E-state index in [-0.39, 0.29) is 41.7 Å². The van der Waals surface area contributed by atoms with Crippen LogP contribution in [0.2, 0.25) is 0 Å². The van der Waals surface area contributed by atoms with Crippen LogP contribution < -0.4 is 20.9 Å². The van der Waals surface area contributed by atoms with Crippen LogP contribution in [0.5, 0.6) is 0 Å². The van der Waals surface area contributed by atoms with Gasteiger partial charge < -0.3 is 20.9 Å². The van der Waals surface area contributed by atoms with Gasteiger partial charge in [-0.15, -0.1) is 24.0 Å². The van der Waals surface area contributed by atoms with Crippen LogP contribution in [0.3, 0.4) is 0 Å². The van der Waals surface area contributed by atoms with Gasteiger partial charge in [-0.05, 0) is 61.6 Å². The molecule has 0 radical (unpaired) electrons. The Morgan fingerprint density at radius 3 is 2.50 bits per heavy atom. The van der Waals surface area contributed by atoms with Crippen molar-refractivity contribution in [1.82, 2.24) is 10.6 Å². The molecule has 3 N–H and O–H groups in total. The van der Waals surface area contributed by atoms with Gasteiger partial charge in [0.15, 0.2) is 5.96 Å². The highest BCUT2D eigenvalue weighted by atomic mass is 127. The highest BCUT2D eigenvalue weighted by Gasteiger charge is 2.25. The Balaban J connectivity index is 0.00000324. The number of nitrogens with one attached hydrogen (secondary N) is 3. The molecule has 182 valence electrons. The molecule has 0 unspecified atom stereocenters. The molecule has 1 aliphatic heterocycles. The maximum Gasteiger partial charge on any atom is 0.227 e. The van der Waals surface area contributed by atoms with Crippen LogP contribution in [0.1, 0.15) is 50.2 Å². The van der Waals surface area contributed by atoms with E-state index in [1.54, 1.807) is 0 Å². The lowest BCUT2D eigenvalue weighted by molar-refractivity contribution is -0.122. The first-order chi connectivity index (χ1) is 16.1. The summed E-state index contributed by atoms with van der Waals surface area (Å²) in [5.41, 5.74) is 3.95. The van der Waals surface area contributed by atoms with Gasteiger partial charge in [-0.25, -0.2) is 4.99 Å². The predicted octanol–water partition coefficient (Wildman–Crippen LogP) is 4.43. The zero-order chi connectivity index (χ0) is 23.0. The molecule has 0 aromatic heterocycles. The zero-order valence-corrected chi connectivity index (χ0v) is 22.0.